The molecule has 1 aromatic heterocycles. The molecule has 0 saturated heterocycles. The molecule has 2 aromatic rings. The van der Waals surface area contributed by atoms with E-state index in [1.807, 2.05) is 0 Å². The van der Waals surface area contributed by atoms with Gasteiger partial charge < -0.3 is 10.6 Å². The van der Waals surface area contributed by atoms with E-state index in [0.717, 1.165) is 12.1 Å². The van der Waals surface area contributed by atoms with Crippen LogP contribution in [-0.2, 0) is 11.0 Å². The van der Waals surface area contributed by atoms with Crippen molar-refractivity contribution >= 4 is 23.2 Å². The molecule has 1 heterocycles. The third-order valence-electron chi connectivity index (χ3n) is 3.51. The minimum absolute atomic E-state index is 0.0250. The van der Waals surface area contributed by atoms with Crippen molar-refractivity contribution in [3.63, 3.8) is 0 Å². The van der Waals surface area contributed by atoms with Gasteiger partial charge in [0, 0.05) is 18.3 Å². The van der Waals surface area contributed by atoms with Crippen LogP contribution in [0.15, 0.2) is 30.3 Å². The second kappa shape index (κ2) is 6.92. The molecule has 0 aliphatic rings. The molecule has 0 bridgehead atoms. The van der Waals surface area contributed by atoms with Crippen LogP contribution in [0, 0.1) is 13.8 Å². The largest absolute Gasteiger partial charge is 0.433 e. The molecule has 1 aromatic carbocycles. The number of rotatable bonds is 3. The van der Waals surface area contributed by atoms with E-state index in [4.69, 9.17) is 0 Å². The summed E-state index contributed by atoms with van der Waals surface area (Å²) in [5.41, 5.74) is 0.567. The Hall–Kier alpha value is -2.90. The fourth-order valence-electron chi connectivity index (χ4n) is 2.24. The summed E-state index contributed by atoms with van der Waals surface area (Å²) in [4.78, 5) is 27.0. The van der Waals surface area contributed by atoms with Gasteiger partial charge in [0.05, 0.1) is 11.3 Å². The van der Waals surface area contributed by atoms with Crippen molar-refractivity contribution in [1.82, 2.24) is 4.98 Å². The third-order valence-corrected chi connectivity index (χ3v) is 3.51. The Bertz CT molecular complexity index is 832. The average Bonchev–Trinajstić information content (AvgIpc) is 2.49. The maximum atomic E-state index is 12.7. The normalized spacial score (nSPS) is 11.1. The quantitative estimate of drug-likeness (QED) is 0.880. The minimum atomic E-state index is -4.57. The number of carbonyl (C=O) groups excluding carboxylic acids is 2. The Morgan fingerprint density at radius 2 is 1.60 bits per heavy atom. The lowest BCUT2D eigenvalue weighted by molar-refractivity contribution is -0.141. The molecule has 0 saturated carbocycles. The van der Waals surface area contributed by atoms with Crippen LogP contribution in [0.1, 0.15) is 34.2 Å². The second-order valence-electron chi connectivity index (χ2n) is 5.44. The fourth-order valence-corrected chi connectivity index (χ4v) is 2.24. The van der Waals surface area contributed by atoms with Crippen LogP contribution in [0.5, 0.6) is 0 Å². The van der Waals surface area contributed by atoms with E-state index in [1.165, 1.54) is 13.8 Å². The smallest absolute Gasteiger partial charge is 0.326 e. The molecule has 0 spiro atoms. The van der Waals surface area contributed by atoms with E-state index in [-0.39, 0.29) is 17.2 Å². The minimum Gasteiger partial charge on any atom is -0.326 e. The van der Waals surface area contributed by atoms with E-state index in [1.54, 1.807) is 25.1 Å². The van der Waals surface area contributed by atoms with Gasteiger partial charge in [-0.2, -0.15) is 13.2 Å². The summed E-state index contributed by atoms with van der Waals surface area (Å²) >= 11 is 0. The zero-order valence-corrected chi connectivity index (χ0v) is 13.8. The van der Waals surface area contributed by atoms with Crippen LogP contribution in [0.4, 0.5) is 24.5 Å². The van der Waals surface area contributed by atoms with Crippen molar-refractivity contribution in [2.24, 2.45) is 0 Å². The first-order chi connectivity index (χ1) is 11.6. The number of alkyl halides is 3. The molecule has 0 aliphatic heterocycles. The number of pyridine rings is 1. The molecule has 0 atom stereocenters. The third kappa shape index (κ3) is 4.34. The highest BCUT2D eigenvalue weighted by atomic mass is 19.4. The Kier molecular flexibility index (Phi) is 5.10. The van der Waals surface area contributed by atoms with Crippen LogP contribution < -0.4 is 10.6 Å². The van der Waals surface area contributed by atoms with Gasteiger partial charge in [0.15, 0.2) is 0 Å². The van der Waals surface area contributed by atoms with Crippen LogP contribution in [0.3, 0.4) is 0 Å². The van der Waals surface area contributed by atoms with Gasteiger partial charge in [0.25, 0.3) is 5.91 Å². The highest BCUT2D eigenvalue weighted by molar-refractivity contribution is 6.06. The Balaban J connectivity index is 2.27. The summed E-state index contributed by atoms with van der Waals surface area (Å²) in [5.74, 6) is -0.837. The van der Waals surface area contributed by atoms with Gasteiger partial charge in [0.1, 0.15) is 5.69 Å². The molecule has 2 amide bonds. The van der Waals surface area contributed by atoms with Gasteiger partial charge in [-0.05, 0) is 43.7 Å². The Labute approximate surface area is 142 Å². The van der Waals surface area contributed by atoms with E-state index in [9.17, 15) is 22.8 Å². The van der Waals surface area contributed by atoms with Crippen LogP contribution in [0.25, 0.3) is 0 Å². The predicted octanol–water partition coefficient (Wildman–Crippen LogP) is 3.93. The van der Waals surface area contributed by atoms with Crippen LogP contribution >= 0.6 is 0 Å². The Morgan fingerprint density at radius 1 is 1.00 bits per heavy atom. The molecule has 8 heteroatoms. The molecular formula is C17H16F3N3O2. The molecular weight excluding hydrogens is 335 g/mol. The zero-order valence-electron chi connectivity index (χ0n) is 13.8. The first-order valence-corrected chi connectivity index (χ1v) is 7.33. The lowest BCUT2D eigenvalue weighted by atomic mass is 10.1. The molecule has 0 radical (unpaired) electrons. The van der Waals surface area contributed by atoms with Crippen LogP contribution in [0.2, 0.25) is 0 Å². The lowest BCUT2D eigenvalue weighted by Gasteiger charge is -2.14. The molecule has 0 fully saturated rings. The van der Waals surface area contributed by atoms with Crippen molar-refractivity contribution in [1.29, 1.82) is 0 Å². The second-order valence-corrected chi connectivity index (χ2v) is 5.44. The standard InChI is InChI=1S/C17H16F3N3O2/c1-9-13(22-11(3)24)5-4-6-14(9)23-16(25)12-7-8-15(17(18,19)20)21-10(12)2/h4-8H,1-3H3,(H,22,24)(H,23,25). The molecule has 25 heavy (non-hydrogen) atoms. The first kappa shape index (κ1) is 18.4. The first-order valence-electron chi connectivity index (χ1n) is 7.33. The number of nitrogens with zero attached hydrogens (tertiary/aromatic N) is 1. The number of benzene rings is 1. The predicted molar refractivity (Wildman–Crippen MR) is 87.4 cm³/mol. The number of aryl methyl sites for hydroxylation is 1. The lowest BCUT2D eigenvalue weighted by Crippen LogP contribution is -2.17. The van der Waals surface area contributed by atoms with Gasteiger partial charge in [-0.1, -0.05) is 6.07 Å². The van der Waals surface area contributed by atoms with E-state index < -0.39 is 17.8 Å². The molecule has 2 N–H and O–H groups in total. The molecule has 132 valence electrons. The summed E-state index contributed by atoms with van der Waals surface area (Å²) in [7, 11) is 0. The van der Waals surface area contributed by atoms with E-state index >= 15 is 0 Å². The SMILES string of the molecule is CC(=O)Nc1cccc(NC(=O)c2ccc(C(F)(F)F)nc2C)c1C. The highest BCUT2D eigenvalue weighted by Crippen LogP contribution is 2.29. The summed E-state index contributed by atoms with van der Waals surface area (Å²) in [6.07, 6.45) is -4.57. The maximum absolute atomic E-state index is 12.7. The van der Waals surface area contributed by atoms with Gasteiger partial charge in [-0.15, -0.1) is 0 Å². The number of hydrogen-bond acceptors (Lipinski definition) is 3. The summed E-state index contributed by atoms with van der Waals surface area (Å²) in [6, 6.07) is 6.81. The zero-order chi connectivity index (χ0) is 18.8. The number of aromatic nitrogens is 1. The van der Waals surface area contributed by atoms with Crippen LogP contribution in [-0.4, -0.2) is 16.8 Å². The summed E-state index contributed by atoms with van der Waals surface area (Å²) < 4.78 is 38.0. The average molecular weight is 351 g/mol. The van der Waals surface area contributed by atoms with Gasteiger partial charge in [-0.3, -0.25) is 9.59 Å². The fraction of sp³-hybridized carbons (Fsp3) is 0.235. The number of amides is 2. The molecule has 2 rings (SSSR count). The van der Waals surface area contributed by atoms with Gasteiger partial charge in [-0.25, -0.2) is 4.98 Å². The summed E-state index contributed by atoms with van der Waals surface area (Å²) in [5, 5.41) is 5.26. The van der Waals surface area contributed by atoms with Crippen molar-refractivity contribution in [2.45, 2.75) is 26.9 Å². The van der Waals surface area contributed by atoms with Crippen molar-refractivity contribution in [2.75, 3.05) is 10.6 Å². The van der Waals surface area contributed by atoms with E-state index in [2.05, 4.69) is 15.6 Å². The van der Waals surface area contributed by atoms with Gasteiger partial charge >= 0.3 is 6.18 Å². The molecule has 5 nitrogen and oxygen atoms in total. The molecule has 0 unspecified atom stereocenters. The van der Waals surface area contributed by atoms with E-state index in [0.29, 0.717) is 16.9 Å². The summed E-state index contributed by atoms with van der Waals surface area (Å²) in [6.45, 7) is 4.41. The number of nitrogens with one attached hydrogen (secondary N) is 2. The number of hydrogen-bond donors (Lipinski definition) is 2. The molecule has 0 aliphatic carbocycles. The number of carbonyl (C=O) groups is 2. The number of anilines is 2. The Morgan fingerprint density at radius 3 is 2.12 bits per heavy atom. The van der Waals surface area contributed by atoms with Crippen molar-refractivity contribution in [3.05, 3.63) is 52.8 Å². The van der Waals surface area contributed by atoms with Crippen molar-refractivity contribution < 1.29 is 22.8 Å². The maximum Gasteiger partial charge on any atom is 0.433 e. The number of halogens is 3. The highest BCUT2D eigenvalue weighted by Gasteiger charge is 2.33. The topological polar surface area (TPSA) is 71.1 Å². The van der Waals surface area contributed by atoms with Crippen molar-refractivity contribution in [3.8, 4) is 0 Å². The van der Waals surface area contributed by atoms with Gasteiger partial charge in [0.2, 0.25) is 5.91 Å². The monoisotopic (exact) mass is 351 g/mol.